The van der Waals surface area contributed by atoms with Gasteiger partial charge in [-0.1, -0.05) is 48.7 Å². The van der Waals surface area contributed by atoms with E-state index in [1.165, 1.54) is 43.4 Å². The second-order valence-corrected chi connectivity index (χ2v) is 6.82. The van der Waals surface area contributed by atoms with Crippen molar-refractivity contribution in [3.8, 4) is 0 Å². The first-order valence-corrected chi connectivity index (χ1v) is 8.54. The molecule has 0 amide bonds. The van der Waals surface area contributed by atoms with E-state index in [4.69, 9.17) is 0 Å². The van der Waals surface area contributed by atoms with E-state index in [-0.39, 0.29) is 0 Å². The lowest BCUT2D eigenvalue weighted by Crippen LogP contribution is -2.27. The van der Waals surface area contributed by atoms with Gasteiger partial charge in [0, 0.05) is 17.5 Å². The summed E-state index contributed by atoms with van der Waals surface area (Å²) in [6, 6.07) is 14.1. The van der Waals surface area contributed by atoms with Crippen molar-refractivity contribution in [2.75, 3.05) is 6.54 Å². The first kappa shape index (κ1) is 13.8. The van der Waals surface area contributed by atoms with Crippen LogP contribution in [0.4, 0.5) is 0 Å². The zero-order valence-electron chi connectivity index (χ0n) is 12.2. The molecular weight excluding hydrogens is 262 g/mol. The molecule has 0 N–H and O–H groups in total. The Balaban J connectivity index is 1.80. The molecule has 1 aromatic carbocycles. The van der Waals surface area contributed by atoms with Crippen molar-refractivity contribution in [3.63, 3.8) is 0 Å². The van der Waals surface area contributed by atoms with Gasteiger partial charge in [0.05, 0.1) is 0 Å². The molecule has 2 heterocycles. The normalized spacial score (nSPS) is 20.8. The Labute approximate surface area is 126 Å². The highest BCUT2D eigenvalue weighted by molar-refractivity contribution is 7.10. The van der Waals surface area contributed by atoms with Crippen LogP contribution >= 0.6 is 11.3 Å². The third kappa shape index (κ3) is 3.31. The number of benzene rings is 1. The molecule has 3 rings (SSSR count). The van der Waals surface area contributed by atoms with Gasteiger partial charge in [0.25, 0.3) is 0 Å². The fourth-order valence-corrected chi connectivity index (χ4v) is 4.10. The van der Waals surface area contributed by atoms with Crippen molar-refractivity contribution < 1.29 is 0 Å². The van der Waals surface area contributed by atoms with Gasteiger partial charge in [-0.05, 0) is 43.3 Å². The van der Waals surface area contributed by atoms with E-state index in [0.717, 1.165) is 6.54 Å². The third-order valence-electron chi connectivity index (χ3n) is 4.20. The standard InChI is InChI=1S/C18H23NS/c1-15-7-5-8-16(13-15)14-19-11-4-2-3-9-17(19)18-10-6-12-20-18/h5-8,10,12-13,17H,2-4,9,11,14H2,1H3/t17-/m0/s1. The number of hydrogen-bond acceptors (Lipinski definition) is 2. The Bertz CT molecular complexity index is 532. The van der Waals surface area contributed by atoms with Crippen molar-refractivity contribution in [2.45, 2.75) is 45.2 Å². The van der Waals surface area contributed by atoms with Crippen molar-refractivity contribution in [2.24, 2.45) is 0 Å². The minimum absolute atomic E-state index is 0.623. The summed E-state index contributed by atoms with van der Waals surface area (Å²) in [4.78, 5) is 4.23. The number of hydrogen-bond donors (Lipinski definition) is 0. The molecule has 1 nitrogen and oxygen atoms in total. The molecule has 2 aromatic rings. The van der Waals surface area contributed by atoms with Gasteiger partial charge < -0.3 is 0 Å². The summed E-state index contributed by atoms with van der Waals surface area (Å²) in [7, 11) is 0. The molecule has 0 unspecified atom stereocenters. The van der Waals surface area contributed by atoms with Gasteiger partial charge in [-0.15, -0.1) is 11.3 Å². The molecule has 1 aliphatic rings. The smallest absolute Gasteiger partial charge is 0.0445 e. The first-order chi connectivity index (χ1) is 9.83. The maximum atomic E-state index is 2.69. The Morgan fingerprint density at radius 1 is 1.15 bits per heavy atom. The predicted octanol–water partition coefficient (Wildman–Crippen LogP) is 5.17. The van der Waals surface area contributed by atoms with Gasteiger partial charge in [0.15, 0.2) is 0 Å². The van der Waals surface area contributed by atoms with Crippen LogP contribution in [-0.2, 0) is 6.54 Å². The largest absolute Gasteiger partial charge is 0.291 e. The highest BCUT2D eigenvalue weighted by atomic mass is 32.1. The predicted molar refractivity (Wildman–Crippen MR) is 87.1 cm³/mol. The van der Waals surface area contributed by atoms with E-state index >= 15 is 0 Å². The highest BCUT2D eigenvalue weighted by Gasteiger charge is 2.23. The Hall–Kier alpha value is -1.12. The van der Waals surface area contributed by atoms with Crippen molar-refractivity contribution in [3.05, 3.63) is 57.8 Å². The van der Waals surface area contributed by atoms with Gasteiger partial charge in [-0.25, -0.2) is 0 Å². The summed E-state index contributed by atoms with van der Waals surface area (Å²) in [6.45, 7) is 4.50. The third-order valence-corrected chi connectivity index (χ3v) is 5.18. The molecule has 1 saturated heterocycles. The van der Waals surface area contributed by atoms with Crippen molar-refractivity contribution in [1.82, 2.24) is 4.90 Å². The zero-order chi connectivity index (χ0) is 13.8. The fourth-order valence-electron chi connectivity index (χ4n) is 3.21. The Kier molecular flexibility index (Phi) is 4.54. The summed E-state index contributed by atoms with van der Waals surface area (Å²) in [5.41, 5.74) is 2.82. The minimum Gasteiger partial charge on any atom is -0.291 e. The average Bonchev–Trinajstić information content (AvgIpc) is 2.87. The minimum atomic E-state index is 0.623. The number of rotatable bonds is 3. The lowest BCUT2D eigenvalue weighted by atomic mass is 10.1. The van der Waals surface area contributed by atoms with E-state index in [9.17, 15) is 0 Å². The van der Waals surface area contributed by atoms with Gasteiger partial charge in [-0.3, -0.25) is 4.90 Å². The molecule has 1 fully saturated rings. The van der Waals surface area contributed by atoms with Gasteiger partial charge >= 0.3 is 0 Å². The number of nitrogens with zero attached hydrogens (tertiary/aromatic N) is 1. The van der Waals surface area contributed by atoms with E-state index in [2.05, 4.69) is 53.6 Å². The Morgan fingerprint density at radius 3 is 2.90 bits per heavy atom. The van der Waals surface area contributed by atoms with Crippen LogP contribution in [0.1, 0.15) is 47.7 Å². The van der Waals surface area contributed by atoms with E-state index in [1.807, 2.05) is 11.3 Å². The summed E-state index contributed by atoms with van der Waals surface area (Å²) >= 11 is 1.91. The van der Waals surface area contributed by atoms with Gasteiger partial charge in [0.2, 0.25) is 0 Å². The fraction of sp³-hybridized carbons (Fsp3) is 0.444. The molecule has 0 spiro atoms. The summed E-state index contributed by atoms with van der Waals surface area (Å²) < 4.78 is 0. The van der Waals surface area contributed by atoms with Crippen LogP contribution in [0, 0.1) is 6.92 Å². The number of aryl methyl sites for hydroxylation is 1. The maximum absolute atomic E-state index is 2.69. The monoisotopic (exact) mass is 285 g/mol. The van der Waals surface area contributed by atoms with Crippen molar-refractivity contribution >= 4 is 11.3 Å². The lowest BCUT2D eigenvalue weighted by molar-refractivity contribution is 0.195. The SMILES string of the molecule is Cc1cccc(CN2CCCCC[C@H]2c2cccs2)c1. The number of likely N-dealkylation sites (tertiary alicyclic amines) is 1. The molecule has 0 bridgehead atoms. The van der Waals surface area contributed by atoms with Crippen LogP contribution in [0.25, 0.3) is 0 Å². The molecule has 0 saturated carbocycles. The second kappa shape index (κ2) is 6.55. The summed E-state index contributed by atoms with van der Waals surface area (Å²) in [6.07, 6.45) is 5.40. The molecule has 1 aliphatic heterocycles. The van der Waals surface area contributed by atoms with E-state index in [1.54, 1.807) is 4.88 Å². The Morgan fingerprint density at radius 2 is 2.10 bits per heavy atom. The quantitative estimate of drug-likeness (QED) is 0.751. The molecule has 106 valence electrons. The number of thiophene rings is 1. The average molecular weight is 285 g/mol. The second-order valence-electron chi connectivity index (χ2n) is 5.84. The van der Waals surface area contributed by atoms with Crippen LogP contribution in [0.15, 0.2) is 41.8 Å². The van der Waals surface area contributed by atoms with Crippen LogP contribution in [0.3, 0.4) is 0 Å². The molecule has 20 heavy (non-hydrogen) atoms. The van der Waals surface area contributed by atoms with Crippen LogP contribution < -0.4 is 0 Å². The maximum Gasteiger partial charge on any atom is 0.0445 e. The summed E-state index contributed by atoms with van der Waals surface area (Å²) in [5, 5.41) is 2.21. The van der Waals surface area contributed by atoms with E-state index in [0.29, 0.717) is 6.04 Å². The van der Waals surface area contributed by atoms with Crippen LogP contribution in [0.5, 0.6) is 0 Å². The highest BCUT2D eigenvalue weighted by Crippen LogP contribution is 2.33. The van der Waals surface area contributed by atoms with Crippen molar-refractivity contribution in [1.29, 1.82) is 0 Å². The van der Waals surface area contributed by atoms with Gasteiger partial charge in [-0.2, -0.15) is 0 Å². The molecule has 1 atom stereocenters. The van der Waals surface area contributed by atoms with Crippen LogP contribution in [-0.4, -0.2) is 11.4 Å². The molecule has 0 radical (unpaired) electrons. The van der Waals surface area contributed by atoms with Gasteiger partial charge in [0.1, 0.15) is 0 Å². The molecule has 1 aromatic heterocycles. The lowest BCUT2D eigenvalue weighted by Gasteiger charge is -2.29. The van der Waals surface area contributed by atoms with E-state index < -0.39 is 0 Å². The first-order valence-electron chi connectivity index (χ1n) is 7.66. The zero-order valence-corrected chi connectivity index (χ0v) is 13.0. The molecular formula is C18H23NS. The molecule has 0 aliphatic carbocycles. The summed E-state index contributed by atoms with van der Waals surface area (Å²) in [5.74, 6) is 0. The molecule has 2 heteroatoms. The van der Waals surface area contributed by atoms with Crippen LogP contribution in [0.2, 0.25) is 0 Å². The topological polar surface area (TPSA) is 3.24 Å².